The molecule has 1 N–H and O–H groups in total. The number of hydrogen-bond donors (Lipinski definition) is 1. The number of halogens is 2. The summed E-state index contributed by atoms with van der Waals surface area (Å²) in [6.07, 6.45) is 1.44. The smallest absolute Gasteiger partial charge is 0.344 e. The Morgan fingerprint density at radius 2 is 1.91 bits per heavy atom. The van der Waals surface area contributed by atoms with Gasteiger partial charge in [-0.05, 0) is 66.2 Å². The first-order valence-electron chi connectivity index (χ1n) is 9.68. The van der Waals surface area contributed by atoms with Crippen molar-refractivity contribution >= 4 is 56.6 Å². The van der Waals surface area contributed by atoms with Crippen molar-refractivity contribution in [3.63, 3.8) is 0 Å². The van der Waals surface area contributed by atoms with Crippen LogP contribution in [-0.2, 0) is 9.53 Å². The number of nitrogens with one attached hydrogen (secondary N) is 1. The topological polar surface area (TPSA) is 99.4 Å². The summed E-state index contributed by atoms with van der Waals surface area (Å²) in [7, 11) is 0. The molecule has 1 heterocycles. The first kappa shape index (κ1) is 23.6. The van der Waals surface area contributed by atoms with Gasteiger partial charge in [-0.2, -0.15) is 5.10 Å². The predicted octanol–water partition coefficient (Wildman–Crippen LogP) is 4.95. The number of esters is 1. The van der Waals surface area contributed by atoms with E-state index in [4.69, 9.17) is 30.2 Å². The van der Waals surface area contributed by atoms with Gasteiger partial charge in [0, 0.05) is 20.4 Å². The van der Waals surface area contributed by atoms with E-state index in [1.807, 2.05) is 6.92 Å². The van der Waals surface area contributed by atoms with Crippen LogP contribution in [0.5, 0.6) is 11.5 Å². The van der Waals surface area contributed by atoms with Crippen molar-refractivity contribution in [2.45, 2.75) is 13.8 Å². The van der Waals surface area contributed by atoms with E-state index in [0.717, 1.165) is 0 Å². The number of fused-ring (bicyclic) bond motifs is 1. The number of hydrazone groups is 1. The molecule has 0 fully saturated rings. The zero-order chi connectivity index (χ0) is 23.1. The normalized spacial score (nSPS) is 11.0. The highest BCUT2D eigenvalue weighted by molar-refractivity contribution is 9.10. The van der Waals surface area contributed by atoms with Crippen LogP contribution in [0, 0.1) is 0 Å². The number of furan rings is 1. The molecular formula is C22H20BrClN2O6. The van der Waals surface area contributed by atoms with Crippen molar-refractivity contribution in [3.05, 3.63) is 57.2 Å². The van der Waals surface area contributed by atoms with Crippen LogP contribution in [0.1, 0.15) is 30.0 Å². The summed E-state index contributed by atoms with van der Waals surface area (Å²) in [6.45, 7) is 3.96. The lowest BCUT2D eigenvalue weighted by Gasteiger charge is -2.13. The Bertz CT molecular complexity index is 1160. The van der Waals surface area contributed by atoms with Crippen molar-refractivity contribution < 1.29 is 28.2 Å². The number of hydrogen-bond acceptors (Lipinski definition) is 7. The molecular weight excluding hydrogens is 504 g/mol. The highest BCUT2D eigenvalue weighted by Gasteiger charge is 2.14. The molecule has 3 rings (SSSR count). The summed E-state index contributed by atoms with van der Waals surface area (Å²) >= 11 is 9.38. The van der Waals surface area contributed by atoms with E-state index in [9.17, 15) is 9.59 Å². The minimum Gasteiger partial charge on any atom is -0.490 e. The first-order chi connectivity index (χ1) is 15.4. The Kier molecular flexibility index (Phi) is 8.13. The summed E-state index contributed by atoms with van der Waals surface area (Å²) in [4.78, 5) is 23.9. The fourth-order valence-electron chi connectivity index (χ4n) is 2.71. The van der Waals surface area contributed by atoms with E-state index in [1.54, 1.807) is 43.3 Å². The zero-order valence-electron chi connectivity index (χ0n) is 17.3. The molecule has 3 aromatic rings. The van der Waals surface area contributed by atoms with E-state index in [-0.39, 0.29) is 19.0 Å². The minimum absolute atomic E-state index is 0.108. The molecule has 0 bridgehead atoms. The van der Waals surface area contributed by atoms with Crippen LogP contribution in [0.2, 0.25) is 5.02 Å². The van der Waals surface area contributed by atoms with Gasteiger partial charge in [0.25, 0.3) is 0 Å². The summed E-state index contributed by atoms with van der Waals surface area (Å²) in [6, 6.07) is 9.99. The third kappa shape index (κ3) is 6.02. The van der Waals surface area contributed by atoms with E-state index in [1.165, 1.54) is 6.21 Å². The minimum atomic E-state index is -0.510. The quantitative estimate of drug-likeness (QED) is 0.242. The number of benzene rings is 2. The monoisotopic (exact) mass is 522 g/mol. The first-order valence-corrected chi connectivity index (χ1v) is 10.9. The highest BCUT2D eigenvalue weighted by Crippen LogP contribution is 2.33. The van der Waals surface area contributed by atoms with Crippen LogP contribution in [0.3, 0.4) is 0 Å². The van der Waals surface area contributed by atoms with Gasteiger partial charge in [0.1, 0.15) is 5.58 Å². The number of carbonyl (C=O) groups is 2. The second-order valence-electron chi connectivity index (χ2n) is 6.34. The summed E-state index contributed by atoms with van der Waals surface area (Å²) in [5.41, 5.74) is 3.59. The van der Waals surface area contributed by atoms with Crippen molar-refractivity contribution in [2.75, 3.05) is 19.8 Å². The number of amides is 1. The van der Waals surface area contributed by atoms with Crippen LogP contribution in [0.15, 0.2) is 50.4 Å². The molecule has 1 amide bonds. The average Bonchev–Trinajstić information content (AvgIpc) is 3.18. The van der Waals surface area contributed by atoms with Crippen molar-refractivity contribution in [1.82, 2.24) is 5.43 Å². The highest BCUT2D eigenvalue weighted by atomic mass is 79.9. The predicted molar refractivity (Wildman–Crippen MR) is 124 cm³/mol. The van der Waals surface area contributed by atoms with Gasteiger partial charge in [0.2, 0.25) is 0 Å². The Morgan fingerprint density at radius 1 is 1.12 bits per heavy atom. The largest absolute Gasteiger partial charge is 0.490 e. The molecule has 2 aromatic carbocycles. The van der Waals surface area contributed by atoms with Crippen molar-refractivity contribution in [3.8, 4) is 11.5 Å². The lowest BCUT2D eigenvalue weighted by atomic mass is 10.2. The Balaban J connectivity index is 1.71. The van der Waals surface area contributed by atoms with Gasteiger partial charge in [-0.3, -0.25) is 4.79 Å². The molecule has 10 heteroatoms. The third-order valence-electron chi connectivity index (χ3n) is 4.09. The van der Waals surface area contributed by atoms with Crippen molar-refractivity contribution in [1.29, 1.82) is 0 Å². The SMILES string of the molecule is CCOC(=O)COc1cc(Br)c(/C=N/NC(=O)c2cc3cc(Cl)ccc3o2)cc1OCC. The van der Waals surface area contributed by atoms with Gasteiger partial charge >= 0.3 is 11.9 Å². The summed E-state index contributed by atoms with van der Waals surface area (Å²) in [5, 5.41) is 5.25. The van der Waals surface area contributed by atoms with Gasteiger partial charge in [0.05, 0.1) is 19.4 Å². The molecule has 0 saturated carbocycles. The molecule has 0 spiro atoms. The number of ether oxygens (including phenoxy) is 3. The zero-order valence-corrected chi connectivity index (χ0v) is 19.7. The number of carbonyl (C=O) groups excluding carboxylic acids is 2. The molecule has 0 radical (unpaired) electrons. The van der Waals surface area contributed by atoms with E-state index in [2.05, 4.69) is 26.5 Å². The van der Waals surface area contributed by atoms with Crippen LogP contribution in [0.25, 0.3) is 11.0 Å². The second-order valence-corrected chi connectivity index (χ2v) is 7.63. The molecule has 32 heavy (non-hydrogen) atoms. The molecule has 0 unspecified atom stereocenters. The van der Waals surface area contributed by atoms with Crippen LogP contribution < -0.4 is 14.9 Å². The Hall–Kier alpha value is -3.04. The molecule has 0 aliphatic heterocycles. The maximum absolute atomic E-state index is 12.3. The second kappa shape index (κ2) is 11.0. The lowest BCUT2D eigenvalue weighted by Crippen LogP contribution is -2.17. The van der Waals surface area contributed by atoms with Crippen LogP contribution in [-0.4, -0.2) is 37.9 Å². The van der Waals surface area contributed by atoms with Crippen molar-refractivity contribution in [2.24, 2.45) is 5.10 Å². The van der Waals surface area contributed by atoms with Gasteiger partial charge in [0.15, 0.2) is 23.9 Å². The van der Waals surface area contributed by atoms with Gasteiger partial charge < -0.3 is 18.6 Å². The standard InChI is InChI=1S/C22H20BrClN2O6/c1-3-29-18-9-14(16(23)10-19(18)31-12-21(27)30-4-2)11-25-26-22(28)20-8-13-7-15(24)5-6-17(13)32-20/h5-11H,3-4,12H2,1-2H3,(H,26,28)/b25-11+. The van der Waals surface area contributed by atoms with Gasteiger partial charge in [-0.1, -0.05) is 11.6 Å². The van der Waals surface area contributed by atoms with Crippen LogP contribution >= 0.6 is 27.5 Å². The Labute approximate surface area is 197 Å². The molecule has 0 saturated heterocycles. The summed E-state index contributed by atoms with van der Waals surface area (Å²) in [5.74, 6) is -0.0940. The summed E-state index contributed by atoms with van der Waals surface area (Å²) < 4.78 is 22.1. The number of rotatable bonds is 9. The molecule has 0 atom stereocenters. The number of nitrogens with zero attached hydrogens (tertiary/aromatic N) is 1. The van der Waals surface area contributed by atoms with Gasteiger partial charge in [-0.25, -0.2) is 10.2 Å². The third-order valence-corrected chi connectivity index (χ3v) is 5.01. The fraction of sp³-hybridized carbons (Fsp3) is 0.227. The van der Waals surface area contributed by atoms with E-state index < -0.39 is 11.9 Å². The van der Waals surface area contributed by atoms with E-state index >= 15 is 0 Å². The van der Waals surface area contributed by atoms with Gasteiger partial charge in [-0.15, -0.1) is 0 Å². The molecule has 168 valence electrons. The maximum Gasteiger partial charge on any atom is 0.344 e. The average molecular weight is 524 g/mol. The van der Waals surface area contributed by atoms with Crippen LogP contribution in [0.4, 0.5) is 0 Å². The van der Waals surface area contributed by atoms with E-state index in [0.29, 0.717) is 44.1 Å². The molecule has 0 aliphatic carbocycles. The molecule has 8 nitrogen and oxygen atoms in total. The Morgan fingerprint density at radius 3 is 2.66 bits per heavy atom. The lowest BCUT2D eigenvalue weighted by molar-refractivity contribution is -0.145. The fourth-order valence-corrected chi connectivity index (χ4v) is 3.32. The molecule has 1 aromatic heterocycles. The molecule has 0 aliphatic rings. The maximum atomic E-state index is 12.3.